The fourth-order valence-corrected chi connectivity index (χ4v) is 4.58. The SMILES string of the molecule is Cc1nc(-c2ncccn2)sc1C(=O)N1C[C@@H]2[C@H](C1)[C@H]2NC(=O)OC(C)(C)C. The molecule has 0 unspecified atom stereocenters. The Labute approximate surface area is 167 Å². The van der Waals surface area contributed by atoms with Crippen molar-refractivity contribution < 1.29 is 14.3 Å². The molecule has 2 fully saturated rings. The van der Waals surface area contributed by atoms with E-state index in [1.807, 2.05) is 32.6 Å². The van der Waals surface area contributed by atoms with Crippen LogP contribution >= 0.6 is 11.3 Å². The number of piperidine rings is 1. The quantitative estimate of drug-likeness (QED) is 0.849. The number of nitrogens with one attached hydrogen (secondary N) is 1. The molecular formula is C19H23N5O3S. The third-order valence-corrected chi connectivity index (χ3v) is 6.05. The van der Waals surface area contributed by atoms with Crippen LogP contribution in [0.15, 0.2) is 18.5 Å². The second kappa shape index (κ2) is 6.80. The molecular weight excluding hydrogens is 378 g/mol. The molecule has 0 aromatic carbocycles. The lowest BCUT2D eigenvalue weighted by Crippen LogP contribution is -2.39. The third kappa shape index (κ3) is 3.71. The van der Waals surface area contributed by atoms with Gasteiger partial charge in [-0.2, -0.15) is 0 Å². The monoisotopic (exact) mass is 401 g/mol. The molecule has 28 heavy (non-hydrogen) atoms. The maximum absolute atomic E-state index is 12.9. The zero-order valence-corrected chi connectivity index (χ0v) is 17.1. The lowest BCUT2D eigenvalue weighted by Gasteiger charge is -2.22. The number of carbonyl (C=O) groups is 2. The summed E-state index contributed by atoms with van der Waals surface area (Å²) in [7, 11) is 0. The number of ether oxygens (including phenoxy) is 1. The second-order valence-electron chi connectivity index (χ2n) is 8.22. The summed E-state index contributed by atoms with van der Waals surface area (Å²) in [6, 6.07) is 1.84. The maximum atomic E-state index is 12.9. The molecule has 0 spiro atoms. The fraction of sp³-hybridized carbons (Fsp3) is 0.526. The minimum Gasteiger partial charge on any atom is -0.444 e. The van der Waals surface area contributed by atoms with Gasteiger partial charge >= 0.3 is 6.09 Å². The number of fused-ring (bicyclic) bond motifs is 1. The Hall–Kier alpha value is -2.55. The van der Waals surface area contributed by atoms with Gasteiger partial charge in [-0.1, -0.05) is 0 Å². The average Bonchev–Trinajstić information content (AvgIpc) is 3.00. The van der Waals surface area contributed by atoms with Gasteiger partial charge in [-0.15, -0.1) is 11.3 Å². The van der Waals surface area contributed by atoms with Gasteiger partial charge in [0, 0.05) is 43.4 Å². The van der Waals surface area contributed by atoms with E-state index in [1.165, 1.54) is 11.3 Å². The Bertz CT molecular complexity index is 896. The number of hydrogen-bond donors (Lipinski definition) is 1. The number of rotatable bonds is 3. The van der Waals surface area contributed by atoms with Crippen molar-refractivity contribution in [2.75, 3.05) is 13.1 Å². The highest BCUT2D eigenvalue weighted by molar-refractivity contribution is 7.17. The van der Waals surface area contributed by atoms with Gasteiger partial charge in [-0.3, -0.25) is 4.79 Å². The highest BCUT2D eigenvalue weighted by Gasteiger charge is 2.58. The zero-order valence-electron chi connectivity index (χ0n) is 16.3. The van der Waals surface area contributed by atoms with Crippen LogP contribution in [0.1, 0.15) is 36.1 Å². The second-order valence-corrected chi connectivity index (χ2v) is 9.21. The molecule has 1 saturated carbocycles. The fourth-order valence-electron chi connectivity index (χ4n) is 3.59. The Morgan fingerprint density at radius 3 is 2.46 bits per heavy atom. The molecule has 1 saturated heterocycles. The van der Waals surface area contributed by atoms with Gasteiger partial charge < -0.3 is 15.0 Å². The van der Waals surface area contributed by atoms with Gasteiger partial charge in [0.1, 0.15) is 10.5 Å². The van der Waals surface area contributed by atoms with Crippen molar-refractivity contribution in [1.29, 1.82) is 0 Å². The first-order valence-electron chi connectivity index (χ1n) is 9.26. The van der Waals surface area contributed by atoms with Crippen molar-refractivity contribution in [3.63, 3.8) is 0 Å². The third-order valence-electron chi connectivity index (χ3n) is 4.91. The van der Waals surface area contributed by atoms with E-state index in [4.69, 9.17) is 4.74 Å². The van der Waals surface area contributed by atoms with E-state index in [-0.39, 0.29) is 11.9 Å². The molecule has 2 aromatic heterocycles. The number of amides is 2. The highest BCUT2D eigenvalue weighted by atomic mass is 32.1. The van der Waals surface area contributed by atoms with Crippen LogP contribution in [0.2, 0.25) is 0 Å². The van der Waals surface area contributed by atoms with E-state index < -0.39 is 11.7 Å². The first kappa shape index (κ1) is 18.8. The van der Waals surface area contributed by atoms with Gasteiger partial charge in [-0.05, 0) is 33.8 Å². The number of likely N-dealkylation sites (tertiary alicyclic amines) is 1. The summed E-state index contributed by atoms with van der Waals surface area (Å²) in [6.07, 6.45) is 2.93. The smallest absolute Gasteiger partial charge is 0.407 e. The predicted octanol–water partition coefficient (Wildman–Crippen LogP) is 2.50. The molecule has 1 N–H and O–H groups in total. The lowest BCUT2D eigenvalue weighted by atomic mass is 10.2. The Balaban J connectivity index is 1.36. The van der Waals surface area contributed by atoms with Gasteiger partial charge in [-0.25, -0.2) is 19.7 Å². The predicted molar refractivity (Wildman–Crippen MR) is 104 cm³/mol. The summed E-state index contributed by atoms with van der Waals surface area (Å²) in [5.41, 5.74) is 0.182. The minimum atomic E-state index is -0.514. The Morgan fingerprint density at radius 1 is 1.21 bits per heavy atom. The first-order chi connectivity index (χ1) is 13.2. The Morgan fingerprint density at radius 2 is 1.86 bits per heavy atom. The molecule has 1 aliphatic heterocycles. The molecule has 8 nitrogen and oxygen atoms in total. The highest BCUT2D eigenvalue weighted by Crippen LogP contribution is 2.46. The van der Waals surface area contributed by atoms with E-state index in [0.29, 0.717) is 46.3 Å². The molecule has 0 bridgehead atoms. The van der Waals surface area contributed by atoms with Gasteiger partial charge in [0.25, 0.3) is 5.91 Å². The van der Waals surface area contributed by atoms with Crippen LogP contribution in [-0.2, 0) is 4.74 Å². The van der Waals surface area contributed by atoms with E-state index >= 15 is 0 Å². The van der Waals surface area contributed by atoms with Gasteiger partial charge in [0.2, 0.25) is 0 Å². The number of thiazole rings is 1. The summed E-state index contributed by atoms with van der Waals surface area (Å²) in [5.74, 6) is 1.10. The van der Waals surface area contributed by atoms with Crippen molar-refractivity contribution in [3.8, 4) is 10.8 Å². The summed E-state index contributed by atoms with van der Waals surface area (Å²) in [5, 5.41) is 3.57. The van der Waals surface area contributed by atoms with E-state index in [0.717, 1.165) is 0 Å². The summed E-state index contributed by atoms with van der Waals surface area (Å²) >= 11 is 1.32. The normalized spacial score (nSPS) is 23.3. The minimum absolute atomic E-state index is 0.0135. The van der Waals surface area contributed by atoms with E-state index in [9.17, 15) is 9.59 Å². The topological polar surface area (TPSA) is 97.3 Å². The van der Waals surface area contributed by atoms with Gasteiger partial charge in [0.15, 0.2) is 10.8 Å². The first-order valence-corrected chi connectivity index (χ1v) is 10.1. The molecule has 4 rings (SSSR count). The van der Waals surface area contributed by atoms with E-state index in [2.05, 4.69) is 20.3 Å². The number of carbonyl (C=O) groups excluding carboxylic acids is 2. The van der Waals surface area contributed by atoms with Crippen LogP contribution in [0.3, 0.4) is 0 Å². The molecule has 1 aliphatic carbocycles. The van der Waals surface area contributed by atoms with Crippen LogP contribution in [0.25, 0.3) is 10.8 Å². The number of aryl methyl sites for hydroxylation is 1. The van der Waals surface area contributed by atoms with Crippen LogP contribution in [0.5, 0.6) is 0 Å². The number of nitrogens with zero attached hydrogens (tertiary/aromatic N) is 4. The summed E-state index contributed by atoms with van der Waals surface area (Å²) in [6.45, 7) is 8.63. The molecule has 2 aliphatic rings. The molecule has 2 aromatic rings. The van der Waals surface area contributed by atoms with Gasteiger partial charge in [0.05, 0.1) is 5.69 Å². The molecule has 2 amide bonds. The summed E-state index contributed by atoms with van der Waals surface area (Å²) in [4.78, 5) is 40.2. The van der Waals surface area contributed by atoms with Crippen molar-refractivity contribution in [2.24, 2.45) is 11.8 Å². The molecule has 9 heteroatoms. The number of alkyl carbamates (subject to hydrolysis) is 1. The zero-order chi connectivity index (χ0) is 20.1. The van der Waals surface area contributed by atoms with Crippen LogP contribution < -0.4 is 5.32 Å². The lowest BCUT2D eigenvalue weighted by molar-refractivity contribution is 0.0513. The average molecular weight is 401 g/mol. The van der Waals surface area contributed by atoms with Crippen LogP contribution in [0.4, 0.5) is 4.79 Å². The number of hydrogen-bond acceptors (Lipinski definition) is 7. The van der Waals surface area contributed by atoms with Crippen LogP contribution in [-0.4, -0.2) is 56.6 Å². The Kier molecular flexibility index (Phi) is 4.57. The summed E-state index contributed by atoms with van der Waals surface area (Å²) < 4.78 is 5.31. The van der Waals surface area contributed by atoms with Crippen molar-refractivity contribution >= 4 is 23.3 Å². The molecule has 3 heterocycles. The standard InChI is InChI=1S/C19H23N5O3S/c1-10-14(28-16(22-10)15-20-6-5-7-21-15)17(25)24-8-11-12(9-24)13(11)23-18(26)27-19(2,3)4/h5-7,11-13H,8-9H2,1-4H3,(H,23,26)/t11-,12+,13+. The number of aromatic nitrogens is 3. The van der Waals surface area contributed by atoms with Crippen molar-refractivity contribution in [3.05, 3.63) is 29.0 Å². The largest absolute Gasteiger partial charge is 0.444 e. The van der Waals surface area contributed by atoms with Crippen molar-refractivity contribution in [1.82, 2.24) is 25.2 Å². The van der Waals surface area contributed by atoms with Crippen molar-refractivity contribution in [2.45, 2.75) is 39.3 Å². The van der Waals surface area contributed by atoms with Crippen LogP contribution in [0, 0.1) is 18.8 Å². The maximum Gasteiger partial charge on any atom is 0.407 e. The molecule has 3 atom stereocenters. The molecule has 148 valence electrons. The van der Waals surface area contributed by atoms with E-state index in [1.54, 1.807) is 18.5 Å². The molecule has 0 radical (unpaired) electrons.